The van der Waals surface area contributed by atoms with Crippen molar-refractivity contribution in [2.45, 2.75) is 19.8 Å². The molecule has 4 rings (SSSR count). The van der Waals surface area contributed by atoms with Gasteiger partial charge in [-0.3, -0.25) is 9.59 Å². The highest BCUT2D eigenvalue weighted by Gasteiger charge is 2.16. The highest BCUT2D eigenvalue weighted by atomic mass is 16.5. The molecular weight excluding hydrogens is 496 g/mol. The number of nitrogens with one attached hydrogen (secondary N) is 2. The number of amides is 1. The molecule has 0 radical (unpaired) electrons. The Morgan fingerprint density at radius 2 is 1.72 bits per heavy atom. The van der Waals surface area contributed by atoms with Crippen LogP contribution < -0.4 is 25.7 Å². The molecule has 9 nitrogen and oxygen atoms in total. The van der Waals surface area contributed by atoms with Gasteiger partial charge < -0.3 is 24.8 Å². The van der Waals surface area contributed by atoms with Crippen LogP contribution in [0.2, 0.25) is 0 Å². The van der Waals surface area contributed by atoms with E-state index in [-0.39, 0.29) is 17.3 Å². The van der Waals surface area contributed by atoms with Crippen LogP contribution in [0.3, 0.4) is 0 Å². The van der Waals surface area contributed by atoms with Gasteiger partial charge in [0.1, 0.15) is 11.5 Å². The quantitative estimate of drug-likeness (QED) is 0.255. The molecule has 1 heterocycles. The Morgan fingerprint density at radius 1 is 0.974 bits per heavy atom. The van der Waals surface area contributed by atoms with Crippen molar-refractivity contribution in [2.24, 2.45) is 0 Å². The number of nitrogens with zero attached hydrogens (tertiary/aromatic N) is 2. The first kappa shape index (κ1) is 27.4. The Morgan fingerprint density at radius 3 is 2.38 bits per heavy atom. The van der Waals surface area contributed by atoms with Gasteiger partial charge in [-0.1, -0.05) is 26.0 Å². The second-order valence-electron chi connectivity index (χ2n) is 9.08. The summed E-state index contributed by atoms with van der Waals surface area (Å²) in [6.45, 7) is 5.04. The Hall–Kier alpha value is -4.63. The molecule has 0 unspecified atom stereocenters. The lowest BCUT2D eigenvalue weighted by atomic mass is 10.0. The van der Waals surface area contributed by atoms with Crippen molar-refractivity contribution in [1.82, 2.24) is 15.1 Å². The maximum atomic E-state index is 13.7. The minimum Gasteiger partial charge on any atom is -0.497 e. The smallest absolute Gasteiger partial charge is 0.299 e. The van der Waals surface area contributed by atoms with Gasteiger partial charge >= 0.3 is 0 Å². The van der Waals surface area contributed by atoms with Crippen LogP contribution in [0.1, 0.15) is 35.7 Å². The number of carbonyl (C=O) groups is 1. The predicted octanol–water partition coefficient (Wildman–Crippen LogP) is 5.28. The molecule has 2 N–H and O–H groups in total. The van der Waals surface area contributed by atoms with Crippen LogP contribution in [0.25, 0.3) is 5.69 Å². The molecule has 0 bridgehead atoms. The van der Waals surface area contributed by atoms with Gasteiger partial charge in [-0.15, -0.1) is 0 Å². The number of ether oxygens (including phenoxy) is 3. The summed E-state index contributed by atoms with van der Waals surface area (Å²) in [5.74, 6) is 1.64. The largest absolute Gasteiger partial charge is 0.497 e. The Bertz CT molecular complexity index is 1460. The zero-order chi connectivity index (χ0) is 27.8. The molecule has 1 aromatic heterocycles. The average molecular weight is 529 g/mol. The van der Waals surface area contributed by atoms with Crippen LogP contribution in [-0.2, 0) is 4.74 Å². The molecule has 1 amide bonds. The number of anilines is 2. The molecular formula is C30H32N4O5. The third-order valence-electron chi connectivity index (χ3n) is 6.02. The van der Waals surface area contributed by atoms with Gasteiger partial charge in [0.05, 0.1) is 25.6 Å². The van der Waals surface area contributed by atoms with Gasteiger partial charge in [-0.2, -0.15) is 9.78 Å². The predicted molar refractivity (Wildman–Crippen MR) is 151 cm³/mol. The molecule has 9 heteroatoms. The minimum atomic E-state index is -0.404. The molecule has 0 aliphatic carbocycles. The number of rotatable bonds is 11. The zero-order valence-electron chi connectivity index (χ0n) is 22.4. The van der Waals surface area contributed by atoms with Gasteiger partial charge in [0.25, 0.3) is 11.5 Å². The van der Waals surface area contributed by atoms with E-state index in [1.807, 2.05) is 24.3 Å². The van der Waals surface area contributed by atoms with E-state index in [1.54, 1.807) is 62.8 Å². The first-order valence-electron chi connectivity index (χ1n) is 12.6. The van der Waals surface area contributed by atoms with Crippen molar-refractivity contribution in [3.63, 3.8) is 0 Å². The maximum absolute atomic E-state index is 13.7. The molecule has 0 saturated heterocycles. The molecule has 0 saturated carbocycles. The van der Waals surface area contributed by atoms with Gasteiger partial charge in [0, 0.05) is 24.9 Å². The monoisotopic (exact) mass is 528 g/mol. The summed E-state index contributed by atoms with van der Waals surface area (Å²) in [7, 11) is 3.16. The van der Waals surface area contributed by atoms with E-state index < -0.39 is 5.56 Å². The summed E-state index contributed by atoms with van der Waals surface area (Å²) in [4.78, 5) is 26.0. The van der Waals surface area contributed by atoms with E-state index >= 15 is 0 Å². The first-order valence-corrected chi connectivity index (χ1v) is 12.6. The van der Waals surface area contributed by atoms with Crippen LogP contribution in [0.4, 0.5) is 11.4 Å². The lowest BCUT2D eigenvalue weighted by Crippen LogP contribution is -2.26. The van der Waals surface area contributed by atoms with E-state index in [1.165, 1.54) is 10.9 Å². The van der Waals surface area contributed by atoms with E-state index in [0.717, 1.165) is 5.56 Å². The molecule has 39 heavy (non-hydrogen) atoms. The molecule has 0 aliphatic rings. The second kappa shape index (κ2) is 12.7. The molecule has 0 aliphatic heterocycles. The van der Waals surface area contributed by atoms with E-state index in [4.69, 9.17) is 14.2 Å². The number of aromatic nitrogens is 2. The Labute approximate surface area is 227 Å². The number of hydrogen-bond donors (Lipinski definition) is 2. The van der Waals surface area contributed by atoms with Crippen molar-refractivity contribution in [3.05, 3.63) is 100 Å². The summed E-state index contributed by atoms with van der Waals surface area (Å²) in [5.41, 5.74) is 2.58. The maximum Gasteiger partial charge on any atom is 0.299 e. The van der Waals surface area contributed by atoms with Crippen LogP contribution in [-0.4, -0.2) is 43.1 Å². The van der Waals surface area contributed by atoms with Crippen molar-refractivity contribution >= 4 is 17.3 Å². The van der Waals surface area contributed by atoms with E-state index in [0.29, 0.717) is 47.5 Å². The normalized spacial score (nSPS) is 10.8. The lowest BCUT2D eigenvalue weighted by molar-refractivity contribution is 0.0937. The molecule has 0 spiro atoms. The van der Waals surface area contributed by atoms with Crippen LogP contribution in [0, 0.1) is 0 Å². The van der Waals surface area contributed by atoms with E-state index in [9.17, 15) is 9.59 Å². The number of methoxy groups -OCH3 is 2. The molecule has 0 atom stereocenters. The van der Waals surface area contributed by atoms with Crippen LogP contribution >= 0.6 is 0 Å². The molecule has 202 valence electrons. The average Bonchev–Trinajstić information content (AvgIpc) is 2.95. The van der Waals surface area contributed by atoms with Crippen LogP contribution in [0.5, 0.6) is 17.2 Å². The summed E-state index contributed by atoms with van der Waals surface area (Å²) in [6, 6.07) is 21.6. The lowest BCUT2D eigenvalue weighted by Gasteiger charge is -2.16. The fraction of sp³-hybridized carbons (Fsp3) is 0.233. The number of hydrogen-bond acceptors (Lipinski definition) is 7. The fourth-order valence-corrected chi connectivity index (χ4v) is 3.82. The van der Waals surface area contributed by atoms with Crippen molar-refractivity contribution in [1.29, 1.82) is 0 Å². The van der Waals surface area contributed by atoms with Crippen LogP contribution in [0.15, 0.2) is 83.8 Å². The van der Waals surface area contributed by atoms with Crippen molar-refractivity contribution < 1.29 is 19.0 Å². The second-order valence-corrected chi connectivity index (χ2v) is 9.08. The summed E-state index contributed by atoms with van der Waals surface area (Å²) < 4.78 is 17.7. The van der Waals surface area contributed by atoms with Gasteiger partial charge in [-0.05, 0) is 72.1 Å². The fourth-order valence-electron chi connectivity index (χ4n) is 3.82. The standard InChI is InChI=1S/C30H32N4O5/c1-20(2)22-6-5-7-26(18-22)39-27-19-32-34(24-12-14-25(38-4)15-13-24)30(36)28(27)33-23-10-8-21(9-11-23)29(35)31-16-17-37-3/h5-15,18-20,33H,16-17H2,1-4H3,(H,31,35). The summed E-state index contributed by atoms with van der Waals surface area (Å²) in [5, 5.41) is 10.3. The summed E-state index contributed by atoms with van der Waals surface area (Å²) >= 11 is 0. The van der Waals surface area contributed by atoms with E-state index in [2.05, 4.69) is 29.6 Å². The van der Waals surface area contributed by atoms with Gasteiger partial charge in [0.15, 0.2) is 11.4 Å². The topological polar surface area (TPSA) is 104 Å². The van der Waals surface area contributed by atoms with Gasteiger partial charge in [0.2, 0.25) is 0 Å². The Kier molecular flexibility index (Phi) is 8.96. The third-order valence-corrected chi connectivity index (χ3v) is 6.02. The Balaban J connectivity index is 1.68. The molecule has 4 aromatic rings. The zero-order valence-corrected chi connectivity index (χ0v) is 22.4. The van der Waals surface area contributed by atoms with Crippen molar-refractivity contribution in [2.75, 3.05) is 32.7 Å². The summed E-state index contributed by atoms with van der Waals surface area (Å²) in [6.07, 6.45) is 1.51. The van der Waals surface area contributed by atoms with Gasteiger partial charge in [-0.25, -0.2) is 0 Å². The minimum absolute atomic E-state index is 0.202. The number of carbonyl (C=O) groups excluding carboxylic acids is 1. The highest BCUT2D eigenvalue weighted by molar-refractivity contribution is 5.94. The SMILES string of the molecule is COCCNC(=O)c1ccc(Nc2c(Oc3cccc(C(C)C)c3)cnn(-c3ccc(OC)cc3)c2=O)cc1. The number of benzene rings is 3. The first-order chi connectivity index (χ1) is 18.9. The van der Waals surface area contributed by atoms with Crippen molar-refractivity contribution in [3.8, 4) is 22.9 Å². The molecule has 3 aromatic carbocycles. The third kappa shape index (κ3) is 6.82. The highest BCUT2D eigenvalue weighted by Crippen LogP contribution is 2.30. The molecule has 0 fully saturated rings.